The number of ether oxygens (including phenoxy) is 2. The van der Waals surface area contributed by atoms with Crippen molar-refractivity contribution in [1.29, 1.82) is 0 Å². The fourth-order valence-electron chi connectivity index (χ4n) is 1.45. The molecule has 0 fully saturated rings. The molecule has 0 aliphatic rings. The van der Waals surface area contributed by atoms with Gasteiger partial charge in [0, 0.05) is 6.07 Å². The molecule has 0 amide bonds. The van der Waals surface area contributed by atoms with E-state index in [2.05, 4.69) is 26.3 Å². The van der Waals surface area contributed by atoms with Gasteiger partial charge >= 0.3 is 6.18 Å². The minimum Gasteiger partial charge on any atom is -0.481 e. The summed E-state index contributed by atoms with van der Waals surface area (Å²) in [5, 5.41) is 0. The number of hydrogen-bond donors (Lipinski definition) is 0. The molecule has 22 heavy (non-hydrogen) atoms. The lowest BCUT2D eigenvalue weighted by molar-refractivity contribution is -0.0943. The summed E-state index contributed by atoms with van der Waals surface area (Å²) < 4.78 is 61.0. The van der Waals surface area contributed by atoms with Crippen molar-refractivity contribution < 1.29 is 27.0 Å². The standard InChI is InChI=1S/C13H13F4N3O2/c1-7(14)11(13(15,16)17)12(22-4)20-8(2)9-5-10(21-3)19-6-18-9/h5-6H,1H2,2-4H3/b12-11-,20-8?. The zero-order valence-corrected chi connectivity index (χ0v) is 12.0. The maximum Gasteiger partial charge on any atom is 0.424 e. The first-order chi connectivity index (χ1) is 10.2. The van der Waals surface area contributed by atoms with Gasteiger partial charge in [-0.3, -0.25) is 0 Å². The molecular formula is C13H13F4N3O2. The zero-order chi connectivity index (χ0) is 16.9. The Labute approximate surface area is 124 Å². The molecule has 0 saturated carbocycles. The summed E-state index contributed by atoms with van der Waals surface area (Å²) in [6.07, 6.45) is -3.84. The van der Waals surface area contributed by atoms with Crippen LogP contribution in [0.3, 0.4) is 0 Å². The fraction of sp³-hybridized carbons (Fsp3) is 0.308. The van der Waals surface area contributed by atoms with Crippen LogP contribution in [0.1, 0.15) is 12.6 Å². The van der Waals surface area contributed by atoms with E-state index in [9.17, 15) is 17.6 Å². The average Bonchev–Trinajstić information content (AvgIpc) is 2.44. The highest BCUT2D eigenvalue weighted by molar-refractivity contribution is 5.97. The molecule has 0 aliphatic carbocycles. The van der Waals surface area contributed by atoms with E-state index in [-0.39, 0.29) is 17.3 Å². The lowest BCUT2D eigenvalue weighted by Gasteiger charge is -2.13. The number of methoxy groups -OCH3 is 2. The van der Waals surface area contributed by atoms with Crippen LogP contribution in [0.5, 0.6) is 5.88 Å². The number of hydrogen-bond acceptors (Lipinski definition) is 5. The minimum absolute atomic E-state index is 0.0561. The van der Waals surface area contributed by atoms with Crippen molar-refractivity contribution >= 4 is 5.71 Å². The van der Waals surface area contributed by atoms with Crippen molar-refractivity contribution in [1.82, 2.24) is 9.97 Å². The Balaban J connectivity index is 3.38. The highest BCUT2D eigenvalue weighted by Gasteiger charge is 2.40. The molecule has 120 valence electrons. The predicted molar refractivity (Wildman–Crippen MR) is 71.1 cm³/mol. The van der Waals surface area contributed by atoms with Gasteiger partial charge < -0.3 is 9.47 Å². The maximum atomic E-state index is 13.1. The highest BCUT2D eigenvalue weighted by atomic mass is 19.4. The van der Waals surface area contributed by atoms with Gasteiger partial charge in [-0.05, 0) is 6.92 Å². The topological polar surface area (TPSA) is 56.6 Å². The first-order valence-electron chi connectivity index (χ1n) is 5.82. The SMILES string of the molecule is C=C(F)/C(=C(\N=C(C)c1cc(OC)ncn1)OC)C(F)(F)F. The zero-order valence-electron chi connectivity index (χ0n) is 12.0. The second-order valence-corrected chi connectivity index (χ2v) is 3.93. The minimum atomic E-state index is -5.00. The van der Waals surface area contributed by atoms with Crippen molar-refractivity contribution in [2.24, 2.45) is 4.99 Å². The highest BCUT2D eigenvalue weighted by Crippen LogP contribution is 2.34. The second kappa shape index (κ2) is 7.01. The summed E-state index contributed by atoms with van der Waals surface area (Å²) in [4.78, 5) is 11.2. The van der Waals surface area contributed by atoms with Crippen LogP contribution >= 0.6 is 0 Å². The van der Waals surface area contributed by atoms with Crippen LogP contribution in [-0.4, -0.2) is 36.1 Å². The number of aromatic nitrogens is 2. The summed E-state index contributed by atoms with van der Waals surface area (Å²) in [5.41, 5.74) is -1.43. The molecule has 1 aromatic heterocycles. The van der Waals surface area contributed by atoms with E-state index in [1.807, 2.05) is 0 Å². The molecule has 0 radical (unpaired) electrons. The second-order valence-electron chi connectivity index (χ2n) is 3.93. The Bertz CT molecular complexity index is 624. The Hall–Kier alpha value is -2.45. The van der Waals surface area contributed by atoms with Gasteiger partial charge in [0.1, 0.15) is 12.2 Å². The van der Waals surface area contributed by atoms with Crippen LogP contribution in [0.2, 0.25) is 0 Å². The number of aliphatic imine (C=N–C) groups is 1. The van der Waals surface area contributed by atoms with Gasteiger partial charge in [0.05, 0.1) is 25.6 Å². The predicted octanol–water partition coefficient (Wildman–Crippen LogP) is 3.20. The van der Waals surface area contributed by atoms with E-state index in [0.717, 1.165) is 13.4 Å². The Morgan fingerprint density at radius 1 is 1.27 bits per heavy atom. The van der Waals surface area contributed by atoms with Gasteiger partial charge in [0.2, 0.25) is 11.8 Å². The Morgan fingerprint density at radius 2 is 1.91 bits per heavy atom. The van der Waals surface area contributed by atoms with E-state index >= 15 is 0 Å². The van der Waals surface area contributed by atoms with E-state index in [0.29, 0.717) is 0 Å². The molecule has 0 atom stereocenters. The number of alkyl halides is 3. The van der Waals surface area contributed by atoms with E-state index in [1.165, 1.54) is 20.1 Å². The quantitative estimate of drug-likeness (QED) is 0.362. The van der Waals surface area contributed by atoms with Gasteiger partial charge in [-0.2, -0.15) is 13.2 Å². The van der Waals surface area contributed by atoms with Crippen molar-refractivity contribution in [2.45, 2.75) is 13.1 Å². The van der Waals surface area contributed by atoms with Gasteiger partial charge in [-0.15, -0.1) is 0 Å². The molecule has 0 unspecified atom stereocenters. The Morgan fingerprint density at radius 3 is 2.36 bits per heavy atom. The number of allylic oxidation sites excluding steroid dienone is 2. The first-order valence-corrected chi connectivity index (χ1v) is 5.82. The fourth-order valence-corrected chi connectivity index (χ4v) is 1.45. The van der Waals surface area contributed by atoms with Gasteiger partial charge in [-0.1, -0.05) is 6.58 Å². The summed E-state index contributed by atoms with van der Waals surface area (Å²) in [5.74, 6) is -2.44. The third kappa shape index (κ3) is 4.27. The summed E-state index contributed by atoms with van der Waals surface area (Å²) in [7, 11) is 2.31. The van der Waals surface area contributed by atoms with E-state index in [4.69, 9.17) is 4.74 Å². The molecule has 0 aliphatic heterocycles. The van der Waals surface area contributed by atoms with Crippen molar-refractivity contribution in [3.05, 3.63) is 41.9 Å². The van der Waals surface area contributed by atoms with Crippen LogP contribution in [0.4, 0.5) is 17.6 Å². The maximum absolute atomic E-state index is 13.1. The third-order valence-electron chi connectivity index (χ3n) is 2.45. The summed E-state index contributed by atoms with van der Waals surface area (Å²) >= 11 is 0. The molecule has 0 N–H and O–H groups in total. The van der Waals surface area contributed by atoms with E-state index in [1.54, 1.807) is 0 Å². The average molecular weight is 319 g/mol. The van der Waals surface area contributed by atoms with Crippen LogP contribution in [0, 0.1) is 0 Å². The van der Waals surface area contributed by atoms with Crippen LogP contribution in [-0.2, 0) is 4.74 Å². The van der Waals surface area contributed by atoms with Crippen LogP contribution in [0.25, 0.3) is 0 Å². The summed E-state index contributed by atoms with van der Waals surface area (Å²) in [6.45, 7) is 4.04. The molecule has 0 aromatic carbocycles. The molecule has 0 spiro atoms. The molecule has 1 rings (SSSR count). The number of halogens is 4. The van der Waals surface area contributed by atoms with E-state index < -0.39 is 23.5 Å². The smallest absolute Gasteiger partial charge is 0.424 e. The lowest BCUT2D eigenvalue weighted by Crippen LogP contribution is -2.16. The first kappa shape index (κ1) is 17.6. The largest absolute Gasteiger partial charge is 0.481 e. The van der Waals surface area contributed by atoms with Crippen molar-refractivity contribution in [3.8, 4) is 5.88 Å². The van der Waals surface area contributed by atoms with Gasteiger partial charge in [-0.25, -0.2) is 19.4 Å². The van der Waals surface area contributed by atoms with Crippen LogP contribution in [0.15, 0.2) is 41.2 Å². The normalized spacial score (nSPS) is 13.5. The molecular weight excluding hydrogens is 306 g/mol. The van der Waals surface area contributed by atoms with Gasteiger partial charge in [0.15, 0.2) is 5.57 Å². The molecule has 1 aromatic rings. The number of rotatable bonds is 5. The Kier molecular flexibility index (Phi) is 5.61. The number of nitrogens with zero attached hydrogens (tertiary/aromatic N) is 3. The summed E-state index contributed by atoms with van der Waals surface area (Å²) in [6, 6.07) is 1.36. The molecule has 9 heteroatoms. The lowest BCUT2D eigenvalue weighted by atomic mass is 10.2. The van der Waals surface area contributed by atoms with Crippen molar-refractivity contribution in [3.63, 3.8) is 0 Å². The van der Waals surface area contributed by atoms with Crippen LogP contribution < -0.4 is 4.74 Å². The monoisotopic (exact) mass is 319 g/mol. The third-order valence-corrected chi connectivity index (χ3v) is 2.45. The van der Waals surface area contributed by atoms with Crippen molar-refractivity contribution in [2.75, 3.05) is 14.2 Å². The van der Waals surface area contributed by atoms with Gasteiger partial charge in [0.25, 0.3) is 0 Å². The molecule has 0 saturated heterocycles. The molecule has 0 bridgehead atoms. The molecule has 5 nitrogen and oxygen atoms in total. The molecule has 1 heterocycles.